The normalized spacial score (nSPS) is 15.0. The molecule has 0 aromatic heterocycles. The molecule has 4 aromatic carbocycles. The van der Waals surface area contributed by atoms with Crippen LogP contribution >= 0.6 is 23.5 Å². The van der Waals surface area contributed by atoms with Crippen LogP contribution in [0.5, 0.6) is 0 Å². The molecule has 0 unspecified atom stereocenters. The number of benzene rings is 4. The first kappa shape index (κ1) is 23.1. The summed E-state index contributed by atoms with van der Waals surface area (Å²) >= 11 is 3.81. The number of anilines is 1. The van der Waals surface area contributed by atoms with Gasteiger partial charge in [-0.2, -0.15) is 0 Å². The molecule has 2 N–H and O–H groups in total. The number of thioether (sulfide) groups is 2. The van der Waals surface area contributed by atoms with Crippen molar-refractivity contribution >= 4 is 56.4 Å². The van der Waals surface area contributed by atoms with Crippen molar-refractivity contribution in [3.05, 3.63) is 95.6 Å². The fourth-order valence-electron chi connectivity index (χ4n) is 4.63. The molecule has 0 fully saturated rings. The molecule has 0 saturated carbocycles. The summed E-state index contributed by atoms with van der Waals surface area (Å²) in [4.78, 5) is 5.18. The Kier molecular flexibility index (Phi) is 7.00. The van der Waals surface area contributed by atoms with E-state index in [1.54, 1.807) is 0 Å². The maximum atomic E-state index is 2.46. The van der Waals surface area contributed by atoms with E-state index in [4.69, 9.17) is 0 Å². The largest absolute Gasteiger partial charge is 0.335 e. The Morgan fingerprint density at radius 1 is 0.912 bits per heavy atom. The average Bonchev–Trinajstić information content (AvgIpc) is 3.22. The van der Waals surface area contributed by atoms with Crippen molar-refractivity contribution < 1.29 is 5.32 Å². The summed E-state index contributed by atoms with van der Waals surface area (Å²) in [6.07, 6.45) is 4.71. The van der Waals surface area contributed by atoms with E-state index in [-0.39, 0.29) is 0 Å². The van der Waals surface area contributed by atoms with Gasteiger partial charge in [-0.1, -0.05) is 78.0 Å². The topological polar surface area (TPSA) is 19.9 Å². The third kappa shape index (κ3) is 4.50. The van der Waals surface area contributed by atoms with Crippen LogP contribution in [-0.4, -0.2) is 18.8 Å². The Balaban J connectivity index is 1.36. The summed E-state index contributed by atoms with van der Waals surface area (Å²) in [5.74, 6) is 0.963. The molecule has 0 atom stereocenters. The van der Waals surface area contributed by atoms with Gasteiger partial charge in [-0.25, -0.2) is 0 Å². The molecule has 0 spiro atoms. The molecule has 0 saturated heterocycles. The highest BCUT2D eigenvalue weighted by Crippen LogP contribution is 2.49. The maximum Gasteiger partial charge on any atom is 0.151 e. The van der Waals surface area contributed by atoms with Crippen LogP contribution in [0.15, 0.2) is 105 Å². The lowest BCUT2D eigenvalue weighted by atomic mass is 10.1. The lowest BCUT2D eigenvalue weighted by Gasteiger charge is -2.20. The molecule has 172 valence electrons. The van der Waals surface area contributed by atoms with Gasteiger partial charge in [0.1, 0.15) is 0 Å². The first-order valence-corrected chi connectivity index (χ1v) is 13.8. The Hall–Kier alpha value is -2.66. The minimum atomic E-state index is 0.963. The second-order valence-corrected chi connectivity index (χ2v) is 10.7. The second-order valence-electron chi connectivity index (χ2n) is 8.53. The van der Waals surface area contributed by atoms with Crippen molar-refractivity contribution in [3.8, 4) is 0 Å². The van der Waals surface area contributed by atoms with E-state index in [0.717, 1.165) is 18.8 Å². The zero-order valence-electron chi connectivity index (χ0n) is 20.0. The van der Waals surface area contributed by atoms with E-state index in [2.05, 4.69) is 116 Å². The fraction of sp³-hybridized carbons (Fsp3) is 0.200. The van der Waals surface area contributed by atoms with Crippen LogP contribution in [0.1, 0.15) is 20.8 Å². The number of hydrogen-bond acceptors (Lipinski definition) is 3. The number of fused-ring (bicyclic) bond motifs is 4. The van der Waals surface area contributed by atoms with Gasteiger partial charge in [0.2, 0.25) is 0 Å². The van der Waals surface area contributed by atoms with Crippen LogP contribution < -0.4 is 10.2 Å². The van der Waals surface area contributed by atoms with Gasteiger partial charge in [-0.3, -0.25) is 0 Å². The van der Waals surface area contributed by atoms with Gasteiger partial charge < -0.3 is 10.2 Å². The van der Waals surface area contributed by atoms with Crippen LogP contribution in [0.3, 0.4) is 0 Å². The van der Waals surface area contributed by atoms with E-state index >= 15 is 0 Å². The van der Waals surface area contributed by atoms with E-state index in [1.165, 1.54) is 53.3 Å². The number of nitrogens with two attached hydrogens (primary N) is 1. The summed E-state index contributed by atoms with van der Waals surface area (Å²) in [7, 11) is 0. The Morgan fingerprint density at radius 3 is 2.38 bits per heavy atom. The van der Waals surface area contributed by atoms with E-state index in [9.17, 15) is 0 Å². The minimum Gasteiger partial charge on any atom is -0.335 e. The van der Waals surface area contributed by atoms with Gasteiger partial charge in [-0.15, -0.1) is 11.8 Å². The molecule has 0 bridgehead atoms. The minimum absolute atomic E-state index is 0.963. The first-order valence-electron chi connectivity index (χ1n) is 12.0. The van der Waals surface area contributed by atoms with Gasteiger partial charge in [0, 0.05) is 28.0 Å². The molecule has 1 aliphatic heterocycles. The molecule has 0 radical (unpaired) electrons. The van der Waals surface area contributed by atoms with Gasteiger partial charge >= 0.3 is 0 Å². The van der Waals surface area contributed by atoms with Crippen molar-refractivity contribution in [1.82, 2.24) is 0 Å². The van der Waals surface area contributed by atoms with Crippen molar-refractivity contribution in [2.45, 2.75) is 30.6 Å². The quantitative estimate of drug-likeness (QED) is 0.215. The molecule has 0 amide bonds. The molecule has 2 nitrogen and oxygen atoms in total. The van der Waals surface area contributed by atoms with Crippen LogP contribution in [0.2, 0.25) is 0 Å². The number of nitrogens with zero attached hydrogens (tertiary/aromatic N) is 1. The summed E-state index contributed by atoms with van der Waals surface area (Å²) in [5.41, 5.74) is 4.04. The third-order valence-electron chi connectivity index (χ3n) is 6.26. The Labute approximate surface area is 211 Å². The zero-order chi connectivity index (χ0) is 23.5. The fourth-order valence-corrected chi connectivity index (χ4v) is 6.92. The van der Waals surface area contributed by atoms with Gasteiger partial charge in [0.15, 0.2) is 5.69 Å². The predicted octanol–water partition coefficient (Wildman–Crippen LogP) is 7.72. The van der Waals surface area contributed by atoms with Crippen LogP contribution in [0.4, 0.5) is 11.4 Å². The Morgan fingerprint density at radius 2 is 1.62 bits per heavy atom. The maximum absolute atomic E-state index is 2.46. The number of allylic oxidation sites excluding steroid dienone is 2. The first-order chi connectivity index (χ1) is 16.7. The summed E-state index contributed by atoms with van der Waals surface area (Å²) in [6, 6.07) is 26.4. The van der Waals surface area contributed by atoms with E-state index in [0.29, 0.717) is 0 Å². The van der Waals surface area contributed by atoms with Crippen molar-refractivity contribution in [3.63, 3.8) is 0 Å². The molecular weight excluding hydrogens is 452 g/mol. The second kappa shape index (κ2) is 10.3. The highest BCUT2D eigenvalue weighted by atomic mass is 32.2. The monoisotopic (exact) mass is 483 g/mol. The molecule has 1 aliphatic rings. The van der Waals surface area contributed by atoms with Gasteiger partial charge in [0.05, 0.1) is 22.2 Å². The average molecular weight is 484 g/mol. The summed E-state index contributed by atoms with van der Waals surface area (Å²) in [6.45, 7) is 8.69. The molecule has 4 heteroatoms. The number of rotatable bonds is 7. The molecule has 4 aromatic rings. The van der Waals surface area contributed by atoms with Crippen molar-refractivity contribution in [2.75, 3.05) is 23.7 Å². The highest BCUT2D eigenvalue weighted by molar-refractivity contribution is 8.03. The molecule has 0 aliphatic carbocycles. The van der Waals surface area contributed by atoms with Crippen LogP contribution in [0.25, 0.3) is 21.5 Å². The van der Waals surface area contributed by atoms with Gasteiger partial charge in [0.25, 0.3) is 0 Å². The highest BCUT2D eigenvalue weighted by Gasteiger charge is 2.25. The molecule has 1 heterocycles. The number of hydrogen-bond donors (Lipinski definition) is 1. The molecular formula is C30H31N2S2+. The van der Waals surface area contributed by atoms with Crippen molar-refractivity contribution in [1.29, 1.82) is 0 Å². The van der Waals surface area contributed by atoms with E-state index < -0.39 is 0 Å². The Bertz CT molecular complexity index is 1400. The zero-order valence-corrected chi connectivity index (χ0v) is 21.7. The lowest BCUT2D eigenvalue weighted by Crippen LogP contribution is -2.77. The van der Waals surface area contributed by atoms with Crippen LogP contribution in [-0.2, 0) is 0 Å². The van der Waals surface area contributed by atoms with E-state index in [1.807, 2.05) is 23.5 Å². The predicted molar refractivity (Wildman–Crippen MR) is 151 cm³/mol. The number of quaternary nitrogens is 1. The molecule has 5 rings (SSSR count). The smallest absolute Gasteiger partial charge is 0.151 e. The van der Waals surface area contributed by atoms with Crippen LogP contribution in [0, 0.1) is 0 Å². The summed E-state index contributed by atoms with van der Waals surface area (Å²) in [5, 5.41) is 8.99. The summed E-state index contributed by atoms with van der Waals surface area (Å²) < 4.78 is 0. The standard InChI is InChI=1S/C30H30N2S2/c1-4-31-29-24-12-8-6-10-22(24)14-16-26(29)33-19-18-21(3)20-28-32(5-2)30-25-13-9-7-11-23(25)15-17-27(30)34-28/h6-18,20,31H,4-5,19H2,1-3H3/p+1/b21-18+,28-20-. The molecule has 34 heavy (non-hydrogen) atoms. The SMILES string of the molecule is CC[NH2+]c1c(SC/C=C(C)/C=C2\Sc3ccc4ccccc4c3N2CC)ccc2ccccc12. The van der Waals surface area contributed by atoms with Gasteiger partial charge in [-0.05, 0) is 55.8 Å². The lowest BCUT2D eigenvalue weighted by molar-refractivity contribution is -0.568. The van der Waals surface area contributed by atoms with Crippen molar-refractivity contribution in [2.24, 2.45) is 0 Å². The third-order valence-corrected chi connectivity index (χ3v) is 8.36.